The minimum Gasteiger partial charge on any atom is -0.496 e. The van der Waals surface area contributed by atoms with Crippen molar-refractivity contribution < 1.29 is 28.7 Å². The summed E-state index contributed by atoms with van der Waals surface area (Å²) in [5, 5.41) is 4.48. The van der Waals surface area contributed by atoms with Crippen molar-refractivity contribution in [2.24, 2.45) is 0 Å². The summed E-state index contributed by atoms with van der Waals surface area (Å²) < 4.78 is 10.6. The molecule has 0 spiro atoms. The van der Waals surface area contributed by atoms with Crippen molar-refractivity contribution in [3.63, 3.8) is 0 Å². The Morgan fingerprint density at radius 2 is 1.64 bits per heavy atom. The van der Waals surface area contributed by atoms with Gasteiger partial charge in [0.15, 0.2) is 6.61 Å². The van der Waals surface area contributed by atoms with Crippen LogP contribution in [0.25, 0.3) is 0 Å². The lowest BCUT2D eigenvalue weighted by Gasteiger charge is -2.09. The zero-order valence-electron chi connectivity index (χ0n) is 14.9. The Kier molecular flexibility index (Phi) is 7.70. The Morgan fingerprint density at radius 1 is 0.964 bits per heavy atom. The van der Waals surface area contributed by atoms with Crippen LogP contribution in [0.15, 0.2) is 53.0 Å². The summed E-state index contributed by atoms with van der Waals surface area (Å²) in [7, 11) is 1.40. The van der Waals surface area contributed by atoms with Gasteiger partial charge in [-0.15, -0.1) is 0 Å². The van der Waals surface area contributed by atoms with E-state index in [0.29, 0.717) is 11.3 Å². The highest BCUT2D eigenvalue weighted by Gasteiger charge is 2.16. The Morgan fingerprint density at radius 3 is 2.32 bits per heavy atom. The molecule has 0 aromatic heterocycles. The second-order valence-corrected chi connectivity index (χ2v) is 6.34. The Labute approximate surface area is 169 Å². The molecule has 0 aliphatic rings. The van der Waals surface area contributed by atoms with Crippen molar-refractivity contribution >= 4 is 39.6 Å². The fourth-order valence-corrected chi connectivity index (χ4v) is 2.38. The maximum Gasteiger partial charge on any atom is 0.325 e. The molecular formula is C19H17BrN2O6. The summed E-state index contributed by atoms with van der Waals surface area (Å²) in [6, 6.07) is 12.9. The van der Waals surface area contributed by atoms with Crippen LogP contribution in [-0.4, -0.2) is 44.0 Å². The van der Waals surface area contributed by atoms with Crippen LogP contribution in [0.5, 0.6) is 5.75 Å². The number of hydrogen-bond donors (Lipinski definition) is 2. The van der Waals surface area contributed by atoms with Gasteiger partial charge in [-0.3, -0.25) is 24.5 Å². The molecule has 3 amide bonds. The first-order valence-corrected chi connectivity index (χ1v) is 8.86. The van der Waals surface area contributed by atoms with E-state index in [0.717, 1.165) is 4.47 Å². The lowest BCUT2D eigenvalue weighted by Crippen LogP contribution is -2.36. The van der Waals surface area contributed by atoms with E-state index < -0.39 is 36.8 Å². The summed E-state index contributed by atoms with van der Waals surface area (Å²) >= 11 is 3.26. The smallest absolute Gasteiger partial charge is 0.325 e. The Hall–Kier alpha value is -3.20. The fraction of sp³-hybridized carbons (Fsp3) is 0.158. The molecule has 2 rings (SSSR count). The number of para-hydroxylation sites is 1. The number of halogens is 1. The second-order valence-electron chi connectivity index (χ2n) is 5.43. The number of benzene rings is 2. The van der Waals surface area contributed by atoms with Crippen LogP contribution >= 0.6 is 15.9 Å². The zero-order valence-corrected chi connectivity index (χ0v) is 16.4. The minimum absolute atomic E-state index is 0.173. The summed E-state index contributed by atoms with van der Waals surface area (Å²) in [5.74, 6) is -2.45. The molecule has 28 heavy (non-hydrogen) atoms. The van der Waals surface area contributed by atoms with Gasteiger partial charge >= 0.3 is 5.97 Å². The van der Waals surface area contributed by atoms with E-state index in [9.17, 15) is 19.2 Å². The Balaban J connectivity index is 1.76. The third kappa shape index (κ3) is 6.20. The van der Waals surface area contributed by atoms with Gasteiger partial charge in [-0.1, -0.05) is 28.1 Å². The topological polar surface area (TPSA) is 111 Å². The number of amides is 3. The maximum absolute atomic E-state index is 12.1. The van der Waals surface area contributed by atoms with E-state index in [1.54, 1.807) is 42.5 Å². The van der Waals surface area contributed by atoms with Gasteiger partial charge in [0.2, 0.25) is 0 Å². The normalized spacial score (nSPS) is 9.93. The van der Waals surface area contributed by atoms with Crippen molar-refractivity contribution in [1.82, 2.24) is 10.6 Å². The number of methoxy groups -OCH3 is 1. The number of carbonyl (C=O) groups is 4. The molecule has 0 fully saturated rings. The summed E-state index contributed by atoms with van der Waals surface area (Å²) in [6.07, 6.45) is 0. The molecule has 2 N–H and O–H groups in total. The summed E-state index contributed by atoms with van der Waals surface area (Å²) in [6.45, 7) is -1.07. The van der Waals surface area contributed by atoms with Gasteiger partial charge in [0.1, 0.15) is 12.3 Å². The molecule has 0 radical (unpaired) electrons. The van der Waals surface area contributed by atoms with Crippen LogP contribution in [0, 0.1) is 0 Å². The van der Waals surface area contributed by atoms with Crippen LogP contribution in [0.4, 0.5) is 0 Å². The molecule has 0 atom stereocenters. The first-order chi connectivity index (χ1) is 13.4. The molecule has 0 unspecified atom stereocenters. The van der Waals surface area contributed by atoms with Gasteiger partial charge in [-0.05, 0) is 36.4 Å². The summed E-state index contributed by atoms with van der Waals surface area (Å²) in [4.78, 5) is 47.4. The number of imide groups is 1. The van der Waals surface area contributed by atoms with Gasteiger partial charge in [0.25, 0.3) is 17.7 Å². The van der Waals surface area contributed by atoms with Crippen LogP contribution in [0.1, 0.15) is 20.7 Å². The van der Waals surface area contributed by atoms with E-state index in [2.05, 4.69) is 26.6 Å². The molecule has 0 aliphatic carbocycles. The molecule has 9 heteroatoms. The van der Waals surface area contributed by atoms with Crippen molar-refractivity contribution in [3.05, 3.63) is 64.1 Å². The first kappa shape index (κ1) is 21.1. The summed E-state index contributed by atoms with van der Waals surface area (Å²) in [5.41, 5.74) is 0.544. The number of esters is 1. The highest BCUT2D eigenvalue weighted by molar-refractivity contribution is 9.10. The monoisotopic (exact) mass is 448 g/mol. The number of hydrogen-bond acceptors (Lipinski definition) is 6. The molecule has 0 saturated carbocycles. The first-order valence-electron chi connectivity index (χ1n) is 8.07. The quantitative estimate of drug-likeness (QED) is 0.623. The lowest BCUT2D eigenvalue weighted by atomic mass is 10.2. The molecule has 0 heterocycles. The van der Waals surface area contributed by atoms with Gasteiger partial charge in [0.05, 0.1) is 12.7 Å². The SMILES string of the molecule is COc1ccccc1C(=O)NC(=O)COC(=O)CNC(=O)c1ccc(Br)cc1. The van der Waals surface area contributed by atoms with Crippen LogP contribution in [0.2, 0.25) is 0 Å². The maximum atomic E-state index is 12.1. The van der Waals surface area contributed by atoms with Crippen molar-refractivity contribution in [2.45, 2.75) is 0 Å². The van der Waals surface area contributed by atoms with Crippen LogP contribution < -0.4 is 15.4 Å². The average Bonchev–Trinajstić information content (AvgIpc) is 2.70. The third-order valence-electron chi connectivity index (χ3n) is 3.47. The van der Waals surface area contributed by atoms with E-state index in [1.807, 2.05) is 0 Å². The number of ether oxygens (including phenoxy) is 2. The highest BCUT2D eigenvalue weighted by atomic mass is 79.9. The minimum atomic E-state index is -0.814. The highest BCUT2D eigenvalue weighted by Crippen LogP contribution is 2.16. The second kappa shape index (κ2) is 10.2. The largest absolute Gasteiger partial charge is 0.496 e. The van der Waals surface area contributed by atoms with Crippen molar-refractivity contribution in [1.29, 1.82) is 0 Å². The molecule has 2 aromatic rings. The van der Waals surface area contributed by atoms with E-state index in [4.69, 9.17) is 9.47 Å². The fourth-order valence-electron chi connectivity index (χ4n) is 2.12. The predicted octanol–water partition coefficient (Wildman–Crippen LogP) is 1.69. The van der Waals surface area contributed by atoms with Gasteiger partial charge < -0.3 is 14.8 Å². The lowest BCUT2D eigenvalue weighted by molar-refractivity contribution is -0.147. The van der Waals surface area contributed by atoms with Crippen LogP contribution in [-0.2, 0) is 14.3 Å². The Bertz CT molecular complexity index is 882. The average molecular weight is 449 g/mol. The molecule has 0 bridgehead atoms. The van der Waals surface area contributed by atoms with E-state index in [-0.39, 0.29) is 5.56 Å². The number of nitrogens with one attached hydrogen (secondary N) is 2. The van der Waals surface area contributed by atoms with Gasteiger partial charge in [-0.25, -0.2) is 0 Å². The molecule has 0 saturated heterocycles. The van der Waals surface area contributed by atoms with E-state index in [1.165, 1.54) is 13.2 Å². The van der Waals surface area contributed by atoms with E-state index >= 15 is 0 Å². The molecule has 8 nitrogen and oxygen atoms in total. The zero-order chi connectivity index (χ0) is 20.5. The molecule has 146 valence electrons. The van der Waals surface area contributed by atoms with Crippen molar-refractivity contribution in [3.8, 4) is 5.75 Å². The number of carbonyl (C=O) groups excluding carboxylic acids is 4. The standard InChI is InChI=1S/C19H17BrN2O6/c1-27-15-5-3-2-4-14(15)19(26)22-16(23)11-28-17(24)10-21-18(25)12-6-8-13(20)9-7-12/h2-9H,10-11H2,1H3,(H,21,25)(H,22,23,26). The molecule has 0 aliphatic heterocycles. The third-order valence-corrected chi connectivity index (χ3v) is 4.00. The molecule has 2 aromatic carbocycles. The number of rotatable bonds is 7. The van der Waals surface area contributed by atoms with Gasteiger partial charge in [-0.2, -0.15) is 0 Å². The van der Waals surface area contributed by atoms with Gasteiger partial charge in [0, 0.05) is 10.0 Å². The van der Waals surface area contributed by atoms with Crippen molar-refractivity contribution in [2.75, 3.05) is 20.3 Å². The predicted molar refractivity (Wildman–Crippen MR) is 103 cm³/mol. The molecular weight excluding hydrogens is 432 g/mol. The van der Waals surface area contributed by atoms with Crippen LogP contribution in [0.3, 0.4) is 0 Å².